The number of aromatic nitrogens is 4. The molecule has 2 heterocycles. The normalized spacial score (nSPS) is 10.6. The van der Waals surface area contributed by atoms with Gasteiger partial charge >= 0.3 is 0 Å². The second kappa shape index (κ2) is 4.74. The molecule has 7 nitrogen and oxygen atoms in total. The third-order valence-corrected chi connectivity index (χ3v) is 3.31. The Bertz CT molecular complexity index is 812. The third-order valence-electron chi connectivity index (χ3n) is 2.56. The quantitative estimate of drug-likeness (QED) is 0.729. The van der Waals surface area contributed by atoms with E-state index in [4.69, 9.17) is 5.73 Å². The number of hydrogen-bond acceptors (Lipinski definition) is 7. The molecule has 2 aromatic heterocycles. The summed E-state index contributed by atoms with van der Waals surface area (Å²) in [5.41, 5.74) is 5.84. The summed E-state index contributed by atoms with van der Waals surface area (Å²) < 4.78 is 1.19. The number of nitrogens with zero attached hydrogens (tertiary/aromatic N) is 4. The highest BCUT2D eigenvalue weighted by atomic mass is 32.1. The molecule has 8 heteroatoms. The molecule has 3 rings (SSSR count). The first-order valence-electron chi connectivity index (χ1n) is 5.63. The molecule has 0 saturated carbocycles. The molecule has 0 bridgehead atoms. The Labute approximate surface area is 117 Å². The van der Waals surface area contributed by atoms with E-state index in [9.17, 15) is 9.90 Å². The molecule has 3 N–H and O–H groups in total. The van der Waals surface area contributed by atoms with Crippen LogP contribution in [0.25, 0.3) is 16.4 Å². The van der Waals surface area contributed by atoms with E-state index in [1.54, 1.807) is 24.3 Å². The summed E-state index contributed by atoms with van der Waals surface area (Å²) in [6, 6.07) is 9.99. The van der Waals surface area contributed by atoms with Gasteiger partial charge in [-0.1, -0.05) is 29.5 Å². The van der Waals surface area contributed by atoms with Crippen LogP contribution in [-0.4, -0.2) is 25.1 Å². The number of benzene rings is 1. The molecule has 0 aliphatic rings. The van der Waals surface area contributed by atoms with Crippen molar-refractivity contribution in [1.29, 1.82) is 0 Å². The first-order chi connectivity index (χ1) is 9.65. The summed E-state index contributed by atoms with van der Waals surface area (Å²) in [6.45, 7) is 0. The number of nitrogens with two attached hydrogens (primary N) is 1. The lowest BCUT2D eigenvalue weighted by atomic mass is 10.3. The van der Waals surface area contributed by atoms with Crippen LogP contribution < -0.4 is 11.3 Å². The van der Waals surface area contributed by atoms with Gasteiger partial charge in [0.2, 0.25) is 5.13 Å². The Balaban J connectivity index is 2.21. The van der Waals surface area contributed by atoms with Crippen molar-refractivity contribution in [3.8, 4) is 22.1 Å². The van der Waals surface area contributed by atoms with Gasteiger partial charge in [-0.05, 0) is 12.1 Å². The third kappa shape index (κ3) is 2.12. The zero-order valence-electron chi connectivity index (χ0n) is 10.1. The van der Waals surface area contributed by atoms with Gasteiger partial charge in [0, 0.05) is 6.07 Å². The van der Waals surface area contributed by atoms with Crippen molar-refractivity contribution in [2.75, 3.05) is 5.73 Å². The topological polar surface area (TPSA) is 107 Å². The minimum absolute atomic E-state index is 0.169. The van der Waals surface area contributed by atoms with Gasteiger partial charge in [-0.2, -0.15) is 9.78 Å². The number of para-hydroxylation sites is 1. The standard InChI is InChI=1S/C12H9N5O2S/c13-12-15-14-11(20-12)10-8(18)6-9(19)17(16-10)7-4-2-1-3-5-7/h1-6,18H,(H2,13,15). The molecule has 0 fully saturated rings. The largest absolute Gasteiger partial charge is 0.505 e. The Morgan fingerprint density at radius 2 is 1.95 bits per heavy atom. The lowest BCUT2D eigenvalue weighted by molar-refractivity contribution is 0.470. The molecule has 0 unspecified atom stereocenters. The van der Waals surface area contributed by atoms with Crippen molar-refractivity contribution in [2.24, 2.45) is 0 Å². The van der Waals surface area contributed by atoms with Crippen molar-refractivity contribution in [3.63, 3.8) is 0 Å². The van der Waals surface area contributed by atoms with Gasteiger partial charge in [0.25, 0.3) is 5.56 Å². The van der Waals surface area contributed by atoms with Crippen LogP contribution in [0.5, 0.6) is 5.75 Å². The highest BCUT2D eigenvalue weighted by Gasteiger charge is 2.15. The number of hydrogen-bond donors (Lipinski definition) is 2. The zero-order valence-corrected chi connectivity index (χ0v) is 10.9. The highest BCUT2D eigenvalue weighted by molar-refractivity contribution is 7.18. The number of aromatic hydroxyl groups is 1. The van der Waals surface area contributed by atoms with Crippen molar-refractivity contribution >= 4 is 16.5 Å². The number of nitrogen functional groups attached to an aromatic ring is 1. The second-order valence-electron chi connectivity index (χ2n) is 3.91. The van der Waals surface area contributed by atoms with Crippen molar-refractivity contribution in [1.82, 2.24) is 20.0 Å². The molecule has 0 spiro atoms. The molecule has 0 aliphatic carbocycles. The summed E-state index contributed by atoms with van der Waals surface area (Å²) >= 11 is 1.08. The van der Waals surface area contributed by atoms with E-state index >= 15 is 0 Å². The van der Waals surface area contributed by atoms with Crippen LogP contribution in [0.3, 0.4) is 0 Å². The summed E-state index contributed by atoms with van der Waals surface area (Å²) in [5, 5.41) is 22.1. The number of rotatable bonds is 2. The highest BCUT2D eigenvalue weighted by Crippen LogP contribution is 2.28. The van der Waals surface area contributed by atoms with Crippen LogP contribution in [0.1, 0.15) is 0 Å². The smallest absolute Gasteiger partial charge is 0.275 e. The van der Waals surface area contributed by atoms with Crippen LogP contribution in [0, 0.1) is 0 Å². The Hall–Kier alpha value is -2.74. The van der Waals surface area contributed by atoms with E-state index in [1.807, 2.05) is 6.07 Å². The van der Waals surface area contributed by atoms with Gasteiger partial charge in [-0.25, -0.2) is 0 Å². The van der Waals surface area contributed by atoms with Crippen LogP contribution in [0.15, 0.2) is 41.2 Å². The van der Waals surface area contributed by atoms with Gasteiger partial charge in [-0.3, -0.25) is 4.79 Å². The SMILES string of the molecule is Nc1nnc(-c2nn(-c3ccccc3)c(=O)cc2O)s1. The number of anilines is 1. The fraction of sp³-hybridized carbons (Fsp3) is 0. The Morgan fingerprint density at radius 3 is 2.60 bits per heavy atom. The van der Waals surface area contributed by atoms with Gasteiger partial charge in [-0.15, -0.1) is 10.2 Å². The molecule has 1 aromatic carbocycles. The van der Waals surface area contributed by atoms with E-state index in [2.05, 4.69) is 15.3 Å². The van der Waals surface area contributed by atoms with Crippen molar-refractivity contribution in [3.05, 3.63) is 46.8 Å². The average molecular weight is 287 g/mol. The van der Waals surface area contributed by atoms with Crippen molar-refractivity contribution < 1.29 is 5.11 Å². The van der Waals surface area contributed by atoms with Gasteiger partial charge in [0.05, 0.1) is 5.69 Å². The molecular formula is C12H9N5O2S. The molecule has 0 radical (unpaired) electrons. The van der Waals surface area contributed by atoms with Crippen LogP contribution in [-0.2, 0) is 0 Å². The Morgan fingerprint density at radius 1 is 1.20 bits per heavy atom. The average Bonchev–Trinajstić information content (AvgIpc) is 2.86. The summed E-state index contributed by atoms with van der Waals surface area (Å²) in [7, 11) is 0. The van der Waals surface area contributed by atoms with Crippen LogP contribution >= 0.6 is 11.3 Å². The molecular weight excluding hydrogens is 278 g/mol. The molecule has 0 saturated heterocycles. The Kier molecular flexibility index (Phi) is 2.92. The fourth-order valence-corrected chi connectivity index (χ4v) is 2.29. The predicted molar refractivity (Wildman–Crippen MR) is 74.8 cm³/mol. The van der Waals surface area contributed by atoms with Gasteiger partial charge in [0.1, 0.15) is 0 Å². The summed E-state index contributed by atoms with van der Waals surface area (Å²) in [5.74, 6) is -0.252. The van der Waals surface area contributed by atoms with E-state index in [1.165, 1.54) is 4.68 Å². The van der Waals surface area contributed by atoms with E-state index in [-0.39, 0.29) is 16.6 Å². The maximum Gasteiger partial charge on any atom is 0.275 e. The van der Waals surface area contributed by atoms with Gasteiger partial charge < -0.3 is 10.8 Å². The fourth-order valence-electron chi connectivity index (χ4n) is 1.68. The monoisotopic (exact) mass is 287 g/mol. The predicted octanol–water partition coefficient (Wildman–Crippen LogP) is 1.04. The molecule has 0 amide bonds. The lowest BCUT2D eigenvalue weighted by Gasteiger charge is -2.06. The minimum atomic E-state index is -0.435. The first kappa shape index (κ1) is 12.3. The summed E-state index contributed by atoms with van der Waals surface area (Å²) in [4.78, 5) is 11.9. The molecule has 3 aromatic rings. The van der Waals surface area contributed by atoms with Crippen molar-refractivity contribution in [2.45, 2.75) is 0 Å². The molecule has 0 aliphatic heterocycles. The van der Waals surface area contributed by atoms with E-state index in [0.717, 1.165) is 17.4 Å². The van der Waals surface area contributed by atoms with E-state index < -0.39 is 5.56 Å². The molecule has 20 heavy (non-hydrogen) atoms. The molecule has 0 atom stereocenters. The maximum atomic E-state index is 11.9. The lowest BCUT2D eigenvalue weighted by Crippen LogP contribution is -2.20. The maximum absolute atomic E-state index is 11.9. The first-order valence-corrected chi connectivity index (χ1v) is 6.45. The van der Waals surface area contributed by atoms with Crippen LogP contribution in [0.4, 0.5) is 5.13 Å². The minimum Gasteiger partial charge on any atom is -0.505 e. The van der Waals surface area contributed by atoms with Crippen LogP contribution in [0.2, 0.25) is 0 Å². The second-order valence-corrected chi connectivity index (χ2v) is 4.92. The van der Waals surface area contributed by atoms with Gasteiger partial charge in [0.15, 0.2) is 16.5 Å². The van der Waals surface area contributed by atoms with E-state index in [0.29, 0.717) is 10.7 Å². The zero-order chi connectivity index (χ0) is 14.1. The summed E-state index contributed by atoms with van der Waals surface area (Å²) in [6.07, 6.45) is 0. The molecule has 100 valence electrons.